The first kappa shape index (κ1) is 14.8. The third-order valence-corrected chi connectivity index (χ3v) is 1.78. The fraction of sp³-hybridized carbons (Fsp3) is 0.300. The zero-order valence-corrected chi connectivity index (χ0v) is 9.56. The summed E-state index contributed by atoms with van der Waals surface area (Å²) in [5.74, 6) is 0.526. The van der Waals surface area contributed by atoms with E-state index in [1.807, 2.05) is 0 Å². The summed E-state index contributed by atoms with van der Waals surface area (Å²) in [6, 6.07) is 0. The third-order valence-electron chi connectivity index (χ3n) is 1.48. The Balaban J connectivity index is 4.98. The number of ether oxygens (including phenoxy) is 1. The molecule has 0 aliphatic carbocycles. The topological polar surface area (TPSA) is 21.6 Å². The molecule has 0 saturated heterocycles. The second-order valence-corrected chi connectivity index (χ2v) is 3.04. The molecule has 0 unspecified atom stereocenters. The van der Waals surface area contributed by atoms with Crippen LogP contribution in [0, 0.1) is 0 Å². The normalized spacial score (nSPS) is 15.0. The zero-order chi connectivity index (χ0) is 12.8. The minimum atomic E-state index is -4.65. The van der Waals surface area contributed by atoms with Gasteiger partial charge < -0.3 is 4.74 Å². The lowest BCUT2D eigenvalue weighted by atomic mass is 10.3. The van der Waals surface area contributed by atoms with E-state index in [2.05, 4.69) is 11.6 Å². The number of hydrogen-bond donors (Lipinski definition) is 0. The Morgan fingerprint density at radius 1 is 1.38 bits per heavy atom. The number of hydrogen-bond acceptors (Lipinski definition) is 2. The predicted octanol–water partition coefficient (Wildman–Crippen LogP) is 3.81. The Morgan fingerprint density at radius 3 is 2.31 bits per heavy atom. The Labute approximate surface area is 96.8 Å². The molecular formula is C10H11ClF3NO. The van der Waals surface area contributed by atoms with Gasteiger partial charge in [-0.05, 0) is 25.2 Å². The van der Waals surface area contributed by atoms with E-state index in [4.69, 9.17) is 16.3 Å². The lowest BCUT2D eigenvalue weighted by molar-refractivity contribution is -0.0559. The number of halogens is 4. The summed E-state index contributed by atoms with van der Waals surface area (Å²) >= 11 is 4.96. The predicted molar refractivity (Wildman–Crippen MR) is 58.4 cm³/mol. The highest BCUT2D eigenvalue weighted by Gasteiger charge is 2.34. The van der Waals surface area contributed by atoms with Crippen LogP contribution in [-0.2, 0) is 4.74 Å². The lowest BCUT2D eigenvalue weighted by Crippen LogP contribution is -2.17. The molecule has 0 bridgehead atoms. The number of methoxy groups -OCH3 is 1. The molecule has 0 aliphatic rings. The maximum Gasteiger partial charge on any atom is 0.444 e. The van der Waals surface area contributed by atoms with E-state index in [0.717, 1.165) is 6.08 Å². The smallest absolute Gasteiger partial charge is 0.444 e. The highest BCUT2D eigenvalue weighted by atomic mass is 35.5. The molecule has 90 valence electrons. The fourth-order valence-corrected chi connectivity index (χ4v) is 0.696. The van der Waals surface area contributed by atoms with E-state index in [1.54, 1.807) is 6.92 Å². The molecule has 0 heterocycles. The number of rotatable bonds is 4. The maximum absolute atomic E-state index is 12.0. The molecular weight excluding hydrogens is 243 g/mol. The minimum absolute atomic E-state index is 0.00118. The molecule has 0 aromatic carbocycles. The first-order valence-corrected chi connectivity index (χ1v) is 4.55. The van der Waals surface area contributed by atoms with E-state index in [0.29, 0.717) is 5.76 Å². The Bertz CT molecular complexity index is 342. The van der Waals surface area contributed by atoms with Gasteiger partial charge in [0.25, 0.3) is 0 Å². The van der Waals surface area contributed by atoms with Crippen LogP contribution in [0.2, 0.25) is 0 Å². The summed E-state index contributed by atoms with van der Waals surface area (Å²) in [7, 11) is 1.44. The molecule has 0 fully saturated rings. The van der Waals surface area contributed by atoms with Crippen LogP contribution in [0.25, 0.3) is 0 Å². The average molecular weight is 254 g/mol. The molecule has 0 atom stereocenters. The van der Waals surface area contributed by atoms with Gasteiger partial charge in [0.05, 0.1) is 18.6 Å². The van der Waals surface area contributed by atoms with E-state index in [9.17, 15) is 13.2 Å². The van der Waals surface area contributed by atoms with Crippen LogP contribution in [0.1, 0.15) is 6.92 Å². The molecule has 2 nitrogen and oxygen atoms in total. The molecule has 0 rings (SSSR count). The van der Waals surface area contributed by atoms with Crippen LogP contribution >= 0.6 is 11.6 Å². The zero-order valence-electron chi connectivity index (χ0n) is 8.81. The lowest BCUT2D eigenvalue weighted by Gasteiger charge is -2.03. The summed E-state index contributed by atoms with van der Waals surface area (Å²) in [5.41, 5.74) is -0.00118. The van der Waals surface area contributed by atoms with Gasteiger partial charge in [0.2, 0.25) is 5.17 Å². The molecule has 0 aromatic rings. The Morgan fingerprint density at radius 2 is 1.94 bits per heavy atom. The van der Waals surface area contributed by atoms with Crippen molar-refractivity contribution in [1.82, 2.24) is 0 Å². The molecule has 0 aromatic heterocycles. The molecule has 0 amide bonds. The summed E-state index contributed by atoms with van der Waals surface area (Å²) in [5, 5.41) is -1.44. The number of aliphatic imine (C=N–C) groups is 1. The first-order valence-electron chi connectivity index (χ1n) is 4.17. The SMILES string of the molecule is C=C/C(=C\C=C(/C)OC)N=C(Cl)C(F)(F)F. The first-order chi connectivity index (χ1) is 7.31. The quantitative estimate of drug-likeness (QED) is 0.424. The van der Waals surface area contributed by atoms with Crippen molar-refractivity contribution in [2.24, 2.45) is 4.99 Å². The summed E-state index contributed by atoms with van der Waals surface area (Å²) in [6.07, 6.45) is -0.710. The van der Waals surface area contributed by atoms with E-state index >= 15 is 0 Å². The van der Waals surface area contributed by atoms with Crippen LogP contribution in [0.3, 0.4) is 0 Å². The molecule has 16 heavy (non-hydrogen) atoms. The highest BCUT2D eigenvalue weighted by molar-refractivity contribution is 6.67. The summed E-state index contributed by atoms with van der Waals surface area (Å²) in [4.78, 5) is 3.17. The van der Waals surface area contributed by atoms with E-state index in [1.165, 1.54) is 19.3 Å². The van der Waals surface area contributed by atoms with Crippen LogP contribution in [0.15, 0.2) is 41.3 Å². The van der Waals surface area contributed by atoms with Crippen molar-refractivity contribution in [1.29, 1.82) is 0 Å². The molecule has 0 N–H and O–H groups in total. The van der Waals surface area contributed by atoms with Crippen molar-refractivity contribution < 1.29 is 17.9 Å². The molecule has 0 spiro atoms. The summed E-state index contributed by atoms with van der Waals surface area (Å²) in [6.45, 7) is 4.97. The van der Waals surface area contributed by atoms with Gasteiger partial charge in [-0.3, -0.25) is 0 Å². The van der Waals surface area contributed by atoms with Crippen LogP contribution in [0.5, 0.6) is 0 Å². The highest BCUT2D eigenvalue weighted by Crippen LogP contribution is 2.21. The van der Waals surface area contributed by atoms with Crippen molar-refractivity contribution in [2.75, 3.05) is 7.11 Å². The Hall–Kier alpha value is -1.23. The summed E-state index contributed by atoms with van der Waals surface area (Å²) < 4.78 is 40.9. The van der Waals surface area contributed by atoms with Crippen molar-refractivity contribution >= 4 is 16.8 Å². The fourth-order valence-electron chi connectivity index (χ4n) is 0.598. The number of allylic oxidation sites excluding steroid dienone is 4. The Kier molecular flexibility index (Phi) is 5.88. The standard InChI is InChI=1S/C10H11ClF3NO/c1-4-8(6-5-7(2)16-3)15-9(11)10(12,13)14/h4-6H,1H2,2-3H3/b7-5+,8-6+,15-9?. The number of nitrogens with zero attached hydrogens (tertiary/aromatic N) is 1. The van der Waals surface area contributed by atoms with Gasteiger partial charge in [0.15, 0.2) is 0 Å². The van der Waals surface area contributed by atoms with Gasteiger partial charge in [-0.15, -0.1) is 0 Å². The van der Waals surface area contributed by atoms with Crippen molar-refractivity contribution in [3.63, 3.8) is 0 Å². The maximum atomic E-state index is 12.0. The molecule has 0 saturated carbocycles. The molecule has 0 radical (unpaired) electrons. The largest absolute Gasteiger partial charge is 0.501 e. The molecule has 6 heteroatoms. The van der Waals surface area contributed by atoms with Gasteiger partial charge in [-0.1, -0.05) is 18.2 Å². The average Bonchev–Trinajstić information content (AvgIpc) is 2.21. The van der Waals surface area contributed by atoms with Gasteiger partial charge in [0, 0.05) is 0 Å². The monoisotopic (exact) mass is 253 g/mol. The second-order valence-electron chi connectivity index (χ2n) is 2.68. The van der Waals surface area contributed by atoms with Gasteiger partial charge in [0.1, 0.15) is 0 Å². The van der Waals surface area contributed by atoms with Crippen molar-refractivity contribution in [2.45, 2.75) is 13.1 Å². The number of alkyl halides is 3. The van der Waals surface area contributed by atoms with Gasteiger partial charge in [-0.25, -0.2) is 4.99 Å². The van der Waals surface area contributed by atoms with Gasteiger partial charge in [-0.2, -0.15) is 13.2 Å². The van der Waals surface area contributed by atoms with Crippen molar-refractivity contribution in [3.05, 3.63) is 36.3 Å². The van der Waals surface area contributed by atoms with Crippen LogP contribution in [0.4, 0.5) is 13.2 Å². The van der Waals surface area contributed by atoms with Gasteiger partial charge >= 0.3 is 6.18 Å². The van der Waals surface area contributed by atoms with Crippen molar-refractivity contribution in [3.8, 4) is 0 Å². The molecule has 0 aliphatic heterocycles. The minimum Gasteiger partial charge on any atom is -0.501 e. The van der Waals surface area contributed by atoms with Crippen LogP contribution in [-0.4, -0.2) is 18.5 Å². The van der Waals surface area contributed by atoms with E-state index in [-0.39, 0.29) is 5.70 Å². The third kappa shape index (κ3) is 5.60. The second kappa shape index (κ2) is 6.37. The van der Waals surface area contributed by atoms with E-state index < -0.39 is 11.3 Å². The van der Waals surface area contributed by atoms with Crippen LogP contribution < -0.4 is 0 Å².